The van der Waals surface area contributed by atoms with Crippen LogP contribution in [0.3, 0.4) is 0 Å². The predicted octanol–water partition coefficient (Wildman–Crippen LogP) is 2.10. The molecule has 0 bridgehead atoms. The van der Waals surface area contributed by atoms with Crippen molar-refractivity contribution < 1.29 is 14.3 Å². The number of nitrogens with two attached hydrogens (primary N) is 1. The summed E-state index contributed by atoms with van der Waals surface area (Å²) in [6, 6.07) is 2.35. The maximum atomic E-state index is 13.9. The van der Waals surface area contributed by atoms with Crippen LogP contribution in [0.5, 0.6) is 0 Å². The van der Waals surface area contributed by atoms with Crippen LogP contribution < -0.4 is 10.6 Å². The first kappa shape index (κ1) is 11.7. The Morgan fingerprint density at radius 3 is 2.47 bits per heavy atom. The van der Waals surface area contributed by atoms with E-state index in [1.165, 1.54) is 6.07 Å². The van der Waals surface area contributed by atoms with E-state index in [0.717, 1.165) is 38.4 Å². The van der Waals surface area contributed by atoms with Gasteiger partial charge in [0.1, 0.15) is 5.82 Å². The van der Waals surface area contributed by atoms with Crippen molar-refractivity contribution in [2.45, 2.75) is 19.3 Å². The highest BCUT2D eigenvalue weighted by molar-refractivity contribution is 5.90. The van der Waals surface area contributed by atoms with Crippen LogP contribution in [0.2, 0.25) is 0 Å². The summed E-state index contributed by atoms with van der Waals surface area (Å²) in [5, 5.41) is 8.80. The van der Waals surface area contributed by atoms with E-state index in [2.05, 4.69) is 0 Å². The van der Waals surface area contributed by atoms with Gasteiger partial charge in [-0.1, -0.05) is 0 Å². The van der Waals surface area contributed by atoms with Crippen LogP contribution in [0.15, 0.2) is 12.1 Å². The Balaban J connectivity index is 2.37. The van der Waals surface area contributed by atoms with E-state index >= 15 is 0 Å². The normalized spacial score (nSPS) is 15.9. The molecule has 1 saturated heterocycles. The minimum Gasteiger partial charge on any atom is -0.478 e. The summed E-state index contributed by atoms with van der Waals surface area (Å²) in [5.41, 5.74) is 6.18. The molecule has 0 radical (unpaired) electrons. The predicted molar refractivity (Wildman–Crippen MR) is 63.8 cm³/mol. The molecule has 17 heavy (non-hydrogen) atoms. The molecule has 3 N–H and O–H groups in total. The molecule has 0 aromatic heterocycles. The van der Waals surface area contributed by atoms with Crippen LogP contribution in [0.1, 0.15) is 29.6 Å². The Labute approximate surface area is 98.8 Å². The van der Waals surface area contributed by atoms with Gasteiger partial charge in [0.05, 0.1) is 16.9 Å². The summed E-state index contributed by atoms with van der Waals surface area (Å²) in [4.78, 5) is 12.6. The molecule has 0 amide bonds. The summed E-state index contributed by atoms with van der Waals surface area (Å²) in [6.07, 6.45) is 3.17. The quantitative estimate of drug-likeness (QED) is 0.774. The fourth-order valence-electron chi connectivity index (χ4n) is 2.19. The van der Waals surface area contributed by atoms with Crippen LogP contribution in [0.4, 0.5) is 15.8 Å². The maximum absolute atomic E-state index is 13.9. The van der Waals surface area contributed by atoms with Crippen molar-refractivity contribution in [3.8, 4) is 0 Å². The summed E-state index contributed by atoms with van der Waals surface area (Å²) < 4.78 is 13.9. The zero-order valence-electron chi connectivity index (χ0n) is 9.45. The van der Waals surface area contributed by atoms with Crippen molar-refractivity contribution >= 4 is 17.3 Å². The highest BCUT2D eigenvalue weighted by Crippen LogP contribution is 2.30. The van der Waals surface area contributed by atoms with Gasteiger partial charge in [-0.2, -0.15) is 0 Å². The first-order valence-electron chi connectivity index (χ1n) is 5.67. The molecule has 0 atom stereocenters. The minimum atomic E-state index is -1.17. The van der Waals surface area contributed by atoms with Crippen LogP contribution in [-0.4, -0.2) is 24.2 Å². The molecule has 4 nitrogen and oxygen atoms in total. The van der Waals surface area contributed by atoms with Gasteiger partial charge in [0.25, 0.3) is 0 Å². The van der Waals surface area contributed by atoms with Gasteiger partial charge in [-0.25, -0.2) is 9.18 Å². The van der Waals surface area contributed by atoms with Crippen molar-refractivity contribution in [1.82, 2.24) is 0 Å². The third-order valence-corrected chi connectivity index (χ3v) is 3.01. The fourth-order valence-corrected chi connectivity index (χ4v) is 2.19. The van der Waals surface area contributed by atoms with Crippen molar-refractivity contribution in [2.24, 2.45) is 0 Å². The molecule has 0 aliphatic carbocycles. The molecule has 1 heterocycles. The molecule has 0 unspecified atom stereocenters. The first-order valence-corrected chi connectivity index (χ1v) is 5.67. The summed E-state index contributed by atoms with van der Waals surface area (Å²) in [7, 11) is 0. The third kappa shape index (κ3) is 2.33. The number of benzene rings is 1. The standard InChI is InChI=1S/C12H15FN2O2/c13-9-6-8(12(16)17)7-10(14)11(9)15-4-2-1-3-5-15/h6-7H,1-5,14H2,(H,16,17). The highest BCUT2D eigenvalue weighted by atomic mass is 19.1. The number of rotatable bonds is 2. The van der Waals surface area contributed by atoms with E-state index in [1.807, 2.05) is 4.90 Å². The molecule has 1 fully saturated rings. The van der Waals surface area contributed by atoms with Gasteiger partial charge in [-0.15, -0.1) is 0 Å². The first-order chi connectivity index (χ1) is 8.09. The SMILES string of the molecule is Nc1cc(C(=O)O)cc(F)c1N1CCCCC1. The average Bonchev–Trinajstić information content (AvgIpc) is 2.29. The van der Waals surface area contributed by atoms with Crippen LogP contribution in [-0.2, 0) is 0 Å². The maximum Gasteiger partial charge on any atom is 0.335 e. The van der Waals surface area contributed by atoms with Crippen LogP contribution in [0.25, 0.3) is 0 Å². The molecule has 1 aliphatic rings. The zero-order chi connectivity index (χ0) is 12.4. The van der Waals surface area contributed by atoms with Gasteiger partial charge in [0, 0.05) is 13.1 Å². The van der Waals surface area contributed by atoms with Gasteiger partial charge in [-0.3, -0.25) is 0 Å². The Bertz CT molecular complexity index is 419. The average molecular weight is 238 g/mol. The third-order valence-electron chi connectivity index (χ3n) is 3.01. The number of hydrogen-bond donors (Lipinski definition) is 2. The zero-order valence-corrected chi connectivity index (χ0v) is 9.45. The lowest BCUT2D eigenvalue weighted by Gasteiger charge is -2.30. The topological polar surface area (TPSA) is 66.6 Å². The van der Waals surface area contributed by atoms with Gasteiger partial charge < -0.3 is 15.7 Å². The molecule has 2 rings (SSSR count). The number of carboxylic acids is 1. The second-order valence-electron chi connectivity index (χ2n) is 4.25. The van der Waals surface area contributed by atoms with Gasteiger partial charge in [0.2, 0.25) is 0 Å². The Hall–Kier alpha value is -1.78. The monoisotopic (exact) mass is 238 g/mol. The second-order valence-corrected chi connectivity index (χ2v) is 4.25. The van der Waals surface area contributed by atoms with Crippen molar-refractivity contribution in [1.29, 1.82) is 0 Å². The smallest absolute Gasteiger partial charge is 0.335 e. The molecular weight excluding hydrogens is 223 g/mol. The van der Waals surface area contributed by atoms with E-state index in [0.29, 0.717) is 5.69 Å². The van der Waals surface area contributed by atoms with E-state index < -0.39 is 11.8 Å². The van der Waals surface area contributed by atoms with Crippen LogP contribution >= 0.6 is 0 Å². The molecule has 92 valence electrons. The summed E-state index contributed by atoms with van der Waals surface area (Å²) >= 11 is 0. The Morgan fingerprint density at radius 2 is 1.94 bits per heavy atom. The molecule has 1 aromatic carbocycles. The number of anilines is 2. The van der Waals surface area contributed by atoms with Crippen molar-refractivity contribution in [3.05, 3.63) is 23.5 Å². The van der Waals surface area contributed by atoms with Gasteiger partial charge >= 0.3 is 5.97 Å². The second kappa shape index (κ2) is 4.61. The van der Waals surface area contributed by atoms with Crippen molar-refractivity contribution in [3.63, 3.8) is 0 Å². The minimum absolute atomic E-state index is 0.110. The van der Waals surface area contributed by atoms with E-state index in [4.69, 9.17) is 10.8 Å². The van der Waals surface area contributed by atoms with Gasteiger partial charge in [-0.05, 0) is 31.4 Å². The van der Waals surface area contributed by atoms with E-state index in [-0.39, 0.29) is 11.3 Å². The number of nitrogens with zero attached hydrogens (tertiary/aromatic N) is 1. The summed E-state index contributed by atoms with van der Waals surface area (Å²) in [6.45, 7) is 1.54. The Morgan fingerprint density at radius 1 is 1.29 bits per heavy atom. The number of halogens is 1. The number of carbonyl (C=O) groups is 1. The number of aromatic carboxylic acids is 1. The molecule has 5 heteroatoms. The van der Waals surface area contributed by atoms with Crippen molar-refractivity contribution in [2.75, 3.05) is 23.7 Å². The molecule has 0 saturated carbocycles. The number of hydrogen-bond acceptors (Lipinski definition) is 3. The van der Waals surface area contributed by atoms with Crippen LogP contribution in [0, 0.1) is 5.82 Å². The fraction of sp³-hybridized carbons (Fsp3) is 0.417. The number of nitrogen functional groups attached to an aromatic ring is 1. The van der Waals surface area contributed by atoms with E-state index in [1.54, 1.807) is 0 Å². The molecule has 1 aromatic rings. The lowest BCUT2D eigenvalue weighted by molar-refractivity contribution is 0.0696. The van der Waals surface area contributed by atoms with E-state index in [9.17, 15) is 9.18 Å². The number of carboxylic acid groups (broad SMARTS) is 1. The lowest BCUT2D eigenvalue weighted by atomic mass is 10.1. The largest absolute Gasteiger partial charge is 0.478 e. The van der Waals surface area contributed by atoms with Gasteiger partial charge in [0.15, 0.2) is 0 Å². The molecule has 1 aliphatic heterocycles. The molecule has 0 spiro atoms. The summed E-state index contributed by atoms with van der Waals surface area (Å²) in [5.74, 6) is -1.72. The Kier molecular flexibility index (Phi) is 3.17. The lowest BCUT2D eigenvalue weighted by Crippen LogP contribution is -2.31. The molecular formula is C12H15FN2O2. The number of piperidine rings is 1. The highest BCUT2D eigenvalue weighted by Gasteiger charge is 2.19.